The van der Waals surface area contributed by atoms with Gasteiger partial charge >= 0.3 is 0 Å². The van der Waals surface area contributed by atoms with Crippen LogP contribution in [0.5, 0.6) is 5.75 Å². The summed E-state index contributed by atoms with van der Waals surface area (Å²) < 4.78 is 31.3. The number of halogens is 2. The fourth-order valence-corrected chi connectivity index (χ4v) is 1.78. The highest BCUT2D eigenvalue weighted by atomic mass is 19.1. The molecule has 0 saturated carbocycles. The van der Waals surface area contributed by atoms with Gasteiger partial charge in [0.15, 0.2) is 0 Å². The molecule has 0 atom stereocenters. The van der Waals surface area contributed by atoms with Crippen LogP contribution in [0.1, 0.15) is 11.1 Å². The normalized spacial score (nSPS) is 9.90. The molecule has 0 unspecified atom stereocenters. The zero-order chi connectivity index (χ0) is 14.5. The van der Waals surface area contributed by atoms with E-state index in [1.54, 1.807) is 18.2 Å². The van der Waals surface area contributed by atoms with Crippen molar-refractivity contribution < 1.29 is 13.5 Å². The van der Waals surface area contributed by atoms with Crippen LogP contribution < -0.4 is 10.1 Å². The smallest absolute Gasteiger partial charge is 0.144 e. The Morgan fingerprint density at radius 1 is 1.20 bits per heavy atom. The Kier molecular flexibility index (Phi) is 4.16. The molecular formula is C15H12F2N2O. The molecule has 1 N–H and O–H groups in total. The average molecular weight is 274 g/mol. The van der Waals surface area contributed by atoms with Gasteiger partial charge in [-0.2, -0.15) is 5.26 Å². The van der Waals surface area contributed by atoms with Gasteiger partial charge in [-0.3, -0.25) is 0 Å². The Morgan fingerprint density at radius 3 is 2.70 bits per heavy atom. The second kappa shape index (κ2) is 6.02. The molecule has 102 valence electrons. The Bertz CT molecular complexity index is 665. The molecule has 5 heteroatoms. The van der Waals surface area contributed by atoms with Gasteiger partial charge < -0.3 is 10.1 Å². The van der Waals surface area contributed by atoms with Gasteiger partial charge in [0, 0.05) is 12.6 Å². The van der Waals surface area contributed by atoms with Gasteiger partial charge in [0.2, 0.25) is 0 Å². The van der Waals surface area contributed by atoms with Crippen molar-refractivity contribution in [3.63, 3.8) is 0 Å². The molecule has 0 aliphatic rings. The van der Waals surface area contributed by atoms with E-state index in [0.29, 0.717) is 18.0 Å². The van der Waals surface area contributed by atoms with Crippen molar-refractivity contribution in [2.75, 3.05) is 12.4 Å². The lowest BCUT2D eigenvalue weighted by molar-refractivity contribution is 0.413. The first-order valence-electron chi connectivity index (χ1n) is 5.90. The lowest BCUT2D eigenvalue weighted by Crippen LogP contribution is -2.02. The fourth-order valence-electron chi connectivity index (χ4n) is 1.78. The lowest BCUT2D eigenvalue weighted by Gasteiger charge is -2.11. The Morgan fingerprint density at radius 2 is 2.00 bits per heavy atom. The predicted octanol–water partition coefficient (Wildman–Crippen LogP) is 3.46. The summed E-state index contributed by atoms with van der Waals surface area (Å²) in [6.07, 6.45) is 0. The topological polar surface area (TPSA) is 45.0 Å². The third kappa shape index (κ3) is 3.04. The number of hydrogen-bond donors (Lipinski definition) is 1. The largest absolute Gasteiger partial charge is 0.494 e. The van der Waals surface area contributed by atoms with Gasteiger partial charge in [0.05, 0.1) is 18.4 Å². The molecule has 0 aliphatic carbocycles. The summed E-state index contributed by atoms with van der Waals surface area (Å²) in [5.74, 6) is -0.552. The molecule has 0 aliphatic heterocycles. The Hall–Kier alpha value is -2.61. The zero-order valence-electron chi connectivity index (χ0n) is 10.8. The van der Waals surface area contributed by atoms with Gasteiger partial charge in [-0.25, -0.2) is 8.78 Å². The monoisotopic (exact) mass is 274 g/mol. The number of hydrogen-bond acceptors (Lipinski definition) is 3. The van der Waals surface area contributed by atoms with Crippen molar-refractivity contribution in [2.24, 2.45) is 0 Å². The summed E-state index contributed by atoms with van der Waals surface area (Å²) in [6.45, 7) is 0.372. The molecule has 0 heterocycles. The van der Waals surface area contributed by atoms with Gasteiger partial charge in [-0.1, -0.05) is 6.07 Å². The molecule has 0 saturated heterocycles. The molecule has 3 nitrogen and oxygen atoms in total. The standard InChI is InChI=1S/C15H12F2N2O/c1-20-15-7-12(16)3-5-14(15)19-9-10-2-4-13(17)11(6-10)8-18/h2-7,19H,9H2,1H3. The van der Waals surface area contributed by atoms with Crippen LogP contribution in [0, 0.1) is 23.0 Å². The number of benzene rings is 2. The van der Waals surface area contributed by atoms with Gasteiger partial charge in [-0.05, 0) is 29.8 Å². The van der Waals surface area contributed by atoms with Crippen molar-refractivity contribution in [3.8, 4) is 11.8 Å². The number of methoxy groups -OCH3 is 1. The second-order valence-corrected chi connectivity index (χ2v) is 4.12. The van der Waals surface area contributed by atoms with Gasteiger partial charge in [0.25, 0.3) is 0 Å². The average Bonchev–Trinajstić information content (AvgIpc) is 2.47. The highest BCUT2D eigenvalue weighted by Gasteiger charge is 2.06. The Labute approximate surface area is 115 Å². The molecule has 0 amide bonds. The minimum absolute atomic E-state index is 0.00429. The van der Waals surface area contributed by atoms with Crippen molar-refractivity contribution in [1.82, 2.24) is 0 Å². The molecule has 0 spiro atoms. The quantitative estimate of drug-likeness (QED) is 0.928. The number of nitrogens with one attached hydrogen (secondary N) is 1. The van der Waals surface area contributed by atoms with Crippen molar-refractivity contribution in [3.05, 3.63) is 59.2 Å². The highest BCUT2D eigenvalue weighted by molar-refractivity contribution is 5.56. The van der Waals surface area contributed by atoms with Crippen LogP contribution in [0.15, 0.2) is 36.4 Å². The van der Waals surface area contributed by atoms with Crippen LogP contribution in [-0.4, -0.2) is 7.11 Å². The van der Waals surface area contributed by atoms with E-state index in [-0.39, 0.29) is 11.4 Å². The minimum atomic E-state index is -0.546. The summed E-state index contributed by atoms with van der Waals surface area (Å²) in [5.41, 5.74) is 1.36. The molecule has 0 fully saturated rings. The molecule has 0 bridgehead atoms. The first-order valence-corrected chi connectivity index (χ1v) is 5.90. The number of anilines is 1. The second-order valence-electron chi connectivity index (χ2n) is 4.12. The van der Waals surface area contributed by atoms with Gasteiger partial charge in [-0.15, -0.1) is 0 Å². The van der Waals surface area contributed by atoms with Crippen molar-refractivity contribution >= 4 is 5.69 Å². The summed E-state index contributed by atoms with van der Waals surface area (Å²) in [6, 6.07) is 10.2. The maximum Gasteiger partial charge on any atom is 0.144 e. The number of nitriles is 1. The summed E-state index contributed by atoms with van der Waals surface area (Å²) >= 11 is 0. The maximum absolute atomic E-state index is 13.2. The molecular weight excluding hydrogens is 262 g/mol. The zero-order valence-corrected chi connectivity index (χ0v) is 10.8. The first kappa shape index (κ1) is 13.8. The van der Waals surface area contributed by atoms with E-state index in [9.17, 15) is 8.78 Å². The Balaban J connectivity index is 2.15. The summed E-state index contributed by atoms with van der Waals surface area (Å²) in [7, 11) is 1.45. The van der Waals surface area contributed by atoms with E-state index in [0.717, 1.165) is 5.56 Å². The van der Waals surface area contributed by atoms with E-state index in [1.165, 1.54) is 31.4 Å². The summed E-state index contributed by atoms with van der Waals surface area (Å²) in [5, 5.41) is 11.8. The van der Waals surface area contributed by atoms with Crippen LogP contribution in [0.2, 0.25) is 0 Å². The first-order chi connectivity index (χ1) is 9.63. The fraction of sp³-hybridized carbons (Fsp3) is 0.133. The molecule has 2 rings (SSSR count). The summed E-state index contributed by atoms with van der Waals surface area (Å²) in [4.78, 5) is 0. The van der Waals surface area contributed by atoms with E-state index >= 15 is 0 Å². The van der Waals surface area contributed by atoms with Crippen LogP contribution in [0.25, 0.3) is 0 Å². The third-order valence-corrected chi connectivity index (χ3v) is 2.80. The number of nitrogens with zero attached hydrogens (tertiary/aromatic N) is 1. The van der Waals surface area contributed by atoms with Crippen molar-refractivity contribution in [2.45, 2.75) is 6.54 Å². The molecule has 0 radical (unpaired) electrons. The number of ether oxygens (including phenoxy) is 1. The third-order valence-electron chi connectivity index (χ3n) is 2.80. The molecule has 2 aromatic rings. The van der Waals surface area contributed by atoms with Gasteiger partial charge in [0.1, 0.15) is 23.5 Å². The van der Waals surface area contributed by atoms with Crippen LogP contribution in [0.3, 0.4) is 0 Å². The minimum Gasteiger partial charge on any atom is -0.494 e. The number of rotatable bonds is 4. The van der Waals surface area contributed by atoms with Crippen molar-refractivity contribution in [1.29, 1.82) is 5.26 Å². The molecule has 20 heavy (non-hydrogen) atoms. The van der Waals surface area contributed by atoms with E-state index in [1.807, 2.05) is 0 Å². The van der Waals surface area contributed by atoms with Crippen LogP contribution in [0.4, 0.5) is 14.5 Å². The SMILES string of the molecule is COc1cc(F)ccc1NCc1ccc(F)c(C#N)c1. The van der Waals surface area contributed by atoms with E-state index in [2.05, 4.69) is 5.32 Å². The van der Waals surface area contributed by atoms with Crippen LogP contribution >= 0.6 is 0 Å². The maximum atomic E-state index is 13.2. The molecule has 0 aromatic heterocycles. The lowest BCUT2D eigenvalue weighted by atomic mass is 10.1. The van der Waals surface area contributed by atoms with E-state index in [4.69, 9.17) is 10.00 Å². The van der Waals surface area contributed by atoms with Crippen LogP contribution in [-0.2, 0) is 6.54 Å². The molecule has 2 aromatic carbocycles. The predicted molar refractivity (Wildman–Crippen MR) is 71.4 cm³/mol. The van der Waals surface area contributed by atoms with E-state index < -0.39 is 5.82 Å². The highest BCUT2D eigenvalue weighted by Crippen LogP contribution is 2.25.